The Morgan fingerprint density at radius 2 is 1.78 bits per heavy atom. The summed E-state index contributed by atoms with van der Waals surface area (Å²) in [7, 11) is 0. The first-order valence-corrected chi connectivity index (χ1v) is 8.54. The second kappa shape index (κ2) is 7.45. The van der Waals surface area contributed by atoms with E-state index in [1.807, 2.05) is 12.1 Å². The van der Waals surface area contributed by atoms with Gasteiger partial charge in [0.25, 0.3) is 5.91 Å². The van der Waals surface area contributed by atoms with Crippen LogP contribution in [0.5, 0.6) is 0 Å². The predicted octanol–water partition coefficient (Wildman–Crippen LogP) is 3.30. The van der Waals surface area contributed by atoms with Crippen LogP contribution < -0.4 is 10.9 Å². The Morgan fingerprint density at radius 1 is 1.04 bits per heavy atom. The number of benzene rings is 2. The van der Waals surface area contributed by atoms with Crippen molar-refractivity contribution in [1.29, 1.82) is 0 Å². The van der Waals surface area contributed by atoms with Gasteiger partial charge in [0.05, 0.1) is 5.56 Å². The minimum atomic E-state index is -1.09. The van der Waals surface area contributed by atoms with Crippen LogP contribution in [0.15, 0.2) is 63.8 Å². The van der Waals surface area contributed by atoms with Crippen molar-refractivity contribution in [3.05, 3.63) is 70.6 Å². The number of hydrogen-bond donors (Lipinski definition) is 2. The zero-order chi connectivity index (χ0) is 19.6. The van der Waals surface area contributed by atoms with E-state index < -0.39 is 23.5 Å². The monoisotopic (exact) mass is 365 g/mol. The second-order valence-corrected chi connectivity index (χ2v) is 6.60. The van der Waals surface area contributed by atoms with Crippen LogP contribution in [0.3, 0.4) is 0 Å². The van der Waals surface area contributed by atoms with E-state index in [4.69, 9.17) is 4.42 Å². The van der Waals surface area contributed by atoms with Crippen LogP contribution in [-0.2, 0) is 4.79 Å². The van der Waals surface area contributed by atoms with Crippen LogP contribution >= 0.6 is 0 Å². The zero-order valence-electron chi connectivity index (χ0n) is 14.9. The van der Waals surface area contributed by atoms with Gasteiger partial charge < -0.3 is 14.8 Å². The number of para-hydroxylation sites is 1. The lowest BCUT2D eigenvalue weighted by atomic mass is 10.0. The van der Waals surface area contributed by atoms with Gasteiger partial charge in [0, 0.05) is 10.9 Å². The van der Waals surface area contributed by atoms with Gasteiger partial charge in [-0.25, -0.2) is 9.59 Å². The van der Waals surface area contributed by atoms with Crippen molar-refractivity contribution in [3.63, 3.8) is 0 Å². The molecule has 1 atom stereocenters. The maximum Gasteiger partial charge on any atom is 0.344 e. The second-order valence-electron chi connectivity index (χ2n) is 6.60. The maximum atomic E-state index is 12.5. The predicted molar refractivity (Wildman–Crippen MR) is 102 cm³/mol. The topological polar surface area (TPSA) is 96.6 Å². The molecule has 0 spiro atoms. The van der Waals surface area contributed by atoms with Crippen LogP contribution in [0.4, 0.5) is 0 Å². The van der Waals surface area contributed by atoms with E-state index in [1.165, 1.54) is 0 Å². The highest BCUT2D eigenvalue weighted by Crippen LogP contribution is 2.22. The van der Waals surface area contributed by atoms with Gasteiger partial charge in [-0.15, -0.1) is 0 Å². The molecule has 0 bridgehead atoms. The molecule has 2 N–H and O–H groups in total. The van der Waals surface area contributed by atoms with Gasteiger partial charge in [0.1, 0.15) is 11.6 Å². The van der Waals surface area contributed by atoms with E-state index >= 15 is 0 Å². The number of amides is 1. The molecule has 0 aliphatic rings. The number of aliphatic carboxylic acids is 1. The molecule has 27 heavy (non-hydrogen) atoms. The van der Waals surface area contributed by atoms with Crippen LogP contribution in [-0.4, -0.2) is 23.0 Å². The summed E-state index contributed by atoms with van der Waals surface area (Å²) in [5.41, 5.74) is 1.12. The maximum absolute atomic E-state index is 12.5. The summed E-state index contributed by atoms with van der Waals surface area (Å²) < 4.78 is 5.34. The molecule has 3 rings (SSSR count). The summed E-state index contributed by atoms with van der Waals surface area (Å²) >= 11 is 0. The van der Waals surface area contributed by atoms with Gasteiger partial charge in [-0.2, -0.15) is 0 Å². The highest BCUT2D eigenvalue weighted by atomic mass is 16.4. The lowest BCUT2D eigenvalue weighted by Crippen LogP contribution is -2.44. The van der Waals surface area contributed by atoms with Crippen molar-refractivity contribution in [2.75, 3.05) is 0 Å². The van der Waals surface area contributed by atoms with Crippen LogP contribution in [0, 0.1) is 5.92 Å². The van der Waals surface area contributed by atoms with Gasteiger partial charge >= 0.3 is 11.6 Å². The molecule has 0 saturated heterocycles. The van der Waals surface area contributed by atoms with Gasteiger partial charge in [-0.1, -0.05) is 44.2 Å². The summed E-state index contributed by atoms with van der Waals surface area (Å²) in [4.78, 5) is 36.1. The molecule has 138 valence electrons. The molecule has 0 radical (unpaired) electrons. The number of nitrogens with one attached hydrogen (secondary N) is 1. The number of hydrogen-bond acceptors (Lipinski definition) is 4. The molecule has 1 heterocycles. The third-order valence-electron chi connectivity index (χ3n) is 4.30. The molecule has 3 aromatic rings. The van der Waals surface area contributed by atoms with Gasteiger partial charge in [-0.3, -0.25) is 4.79 Å². The smallest absolute Gasteiger partial charge is 0.344 e. The molecule has 2 aromatic carbocycles. The fourth-order valence-corrected chi connectivity index (χ4v) is 2.83. The Labute approximate surface area is 155 Å². The van der Waals surface area contributed by atoms with E-state index in [1.54, 1.807) is 56.3 Å². The van der Waals surface area contributed by atoms with E-state index in [9.17, 15) is 19.5 Å². The Kier molecular flexibility index (Phi) is 5.07. The Bertz CT molecular complexity index is 1070. The molecule has 0 fully saturated rings. The summed E-state index contributed by atoms with van der Waals surface area (Å²) in [6.45, 7) is 3.44. The van der Waals surface area contributed by atoms with E-state index in [-0.39, 0.29) is 11.5 Å². The summed E-state index contributed by atoms with van der Waals surface area (Å²) in [6.07, 6.45) is 0. The minimum absolute atomic E-state index is 0.262. The number of carbonyl (C=O) groups excluding carboxylic acids is 1. The van der Waals surface area contributed by atoms with Crippen LogP contribution in [0.2, 0.25) is 0 Å². The number of carboxylic acid groups (broad SMARTS) is 1. The SMILES string of the molecule is CC(C)[C@H](NC(=O)c1cccc(-c2cc3ccccc3oc2=O)c1)C(=O)O. The van der Waals surface area contributed by atoms with E-state index in [0.717, 1.165) is 5.39 Å². The molecule has 6 nitrogen and oxygen atoms in total. The molecule has 0 saturated carbocycles. The largest absolute Gasteiger partial charge is 0.480 e. The lowest BCUT2D eigenvalue weighted by Gasteiger charge is -2.18. The Hall–Kier alpha value is -3.41. The lowest BCUT2D eigenvalue weighted by molar-refractivity contribution is -0.140. The van der Waals surface area contributed by atoms with Crippen molar-refractivity contribution in [2.45, 2.75) is 19.9 Å². The van der Waals surface area contributed by atoms with Crippen molar-refractivity contribution >= 4 is 22.8 Å². The third kappa shape index (κ3) is 3.89. The Morgan fingerprint density at radius 3 is 2.48 bits per heavy atom. The first kappa shape index (κ1) is 18.4. The average molecular weight is 365 g/mol. The van der Waals surface area contributed by atoms with Crippen LogP contribution in [0.25, 0.3) is 22.1 Å². The molecular weight excluding hydrogens is 346 g/mol. The van der Waals surface area contributed by atoms with Gasteiger partial charge in [-0.05, 0) is 35.7 Å². The summed E-state index contributed by atoms with van der Waals surface area (Å²) in [6, 6.07) is 14.4. The summed E-state index contributed by atoms with van der Waals surface area (Å²) in [5, 5.41) is 12.5. The highest BCUT2D eigenvalue weighted by molar-refractivity contribution is 5.97. The number of rotatable bonds is 5. The highest BCUT2D eigenvalue weighted by Gasteiger charge is 2.24. The average Bonchev–Trinajstić information content (AvgIpc) is 2.64. The number of fused-ring (bicyclic) bond motifs is 1. The van der Waals surface area contributed by atoms with Gasteiger partial charge in [0.2, 0.25) is 0 Å². The Balaban J connectivity index is 1.96. The fraction of sp³-hybridized carbons (Fsp3) is 0.190. The van der Waals surface area contributed by atoms with Crippen molar-refractivity contribution in [3.8, 4) is 11.1 Å². The molecule has 0 aliphatic heterocycles. The quantitative estimate of drug-likeness (QED) is 0.676. The van der Waals surface area contributed by atoms with E-state index in [2.05, 4.69) is 5.32 Å². The third-order valence-corrected chi connectivity index (χ3v) is 4.30. The first-order chi connectivity index (χ1) is 12.9. The van der Waals surface area contributed by atoms with Crippen molar-refractivity contribution in [1.82, 2.24) is 5.32 Å². The number of carboxylic acids is 1. The molecular formula is C21H19NO5. The molecule has 1 aromatic heterocycles. The molecule has 0 unspecified atom stereocenters. The first-order valence-electron chi connectivity index (χ1n) is 8.54. The molecule has 1 amide bonds. The molecule has 6 heteroatoms. The fourth-order valence-electron chi connectivity index (χ4n) is 2.83. The van der Waals surface area contributed by atoms with Crippen LogP contribution in [0.1, 0.15) is 24.2 Å². The zero-order valence-corrected chi connectivity index (χ0v) is 14.9. The normalized spacial score (nSPS) is 12.1. The van der Waals surface area contributed by atoms with Crippen molar-refractivity contribution < 1.29 is 19.1 Å². The minimum Gasteiger partial charge on any atom is -0.480 e. The molecule has 0 aliphatic carbocycles. The standard InChI is InChI=1S/C21H19NO5/c1-12(2)18(20(24)25)22-19(23)15-8-5-7-13(10-15)16-11-14-6-3-4-9-17(14)27-21(16)26/h3-12,18H,1-2H3,(H,22,23)(H,24,25)/t18-/m0/s1. The van der Waals surface area contributed by atoms with Gasteiger partial charge in [0.15, 0.2) is 0 Å². The summed E-state index contributed by atoms with van der Waals surface area (Å²) in [5.74, 6) is -1.87. The van der Waals surface area contributed by atoms with E-state index in [0.29, 0.717) is 16.7 Å². The van der Waals surface area contributed by atoms with Crippen molar-refractivity contribution in [2.24, 2.45) is 5.92 Å². The number of carbonyl (C=O) groups is 2.